The molecule has 2 nitrogen and oxygen atoms in total. The first-order valence-electron chi connectivity index (χ1n) is 9.10. The first-order valence-corrected chi connectivity index (χ1v) is 9.10. The minimum atomic E-state index is -5.01. The van der Waals surface area contributed by atoms with Crippen molar-refractivity contribution in [3.05, 3.63) is 35.9 Å². The number of methoxy groups -OCH3 is 2. The maximum absolute atomic E-state index is 15.9. The van der Waals surface area contributed by atoms with E-state index in [0.29, 0.717) is 12.8 Å². The van der Waals surface area contributed by atoms with Gasteiger partial charge in [0.1, 0.15) is 0 Å². The van der Waals surface area contributed by atoms with Gasteiger partial charge in [0.05, 0.1) is 0 Å². The van der Waals surface area contributed by atoms with Gasteiger partial charge in [-0.15, -0.1) is 0 Å². The zero-order valence-corrected chi connectivity index (χ0v) is 16.3. The summed E-state index contributed by atoms with van der Waals surface area (Å²) in [5, 5.41) is 0. The number of hydrogen-bond acceptors (Lipinski definition) is 2. The van der Waals surface area contributed by atoms with Crippen LogP contribution in [0.1, 0.15) is 51.5 Å². The maximum atomic E-state index is 15.9. The van der Waals surface area contributed by atoms with Gasteiger partial charge >= 0.3 is 11.8 Å². The van der Waals surface area contributed by atoms with Gasteiger partial charge in [-0.2, -0.15) is 17.6 Å². The van der Waals surface area contributed by atoms with Gasteiger partial charge in [0.15, 0.2) is 0 Å². The monoisotopic (exact) mass is 396 g/mol. The lowest BCUT2D eigenvalue weighted by Gasteiger charge is -2.46. The average Bonchev–Trinajstić information content (AvgIpc) is 2.64. The van der Waals surface area contributed by atoms with Gasteiger partial charge in [-0.3, -0.25) is 0 Å². The van der Waals surface area contributed by atoms with Gasteiger partial charge in [-0.25, -0.2) is 4.39 Å². The Labute approximate surface area is 158 Å². The number of benzene rings is 1. The van der Waals surface area contributed by atoms with Crippen molar-refractivity contribution in [2.75, 3.05) is 14.2 Å². The van der Waals surface area contributed by atoms with Crippen LogP contribution in [-0.4, -0.2) is 37.5 Å². The van der Waals surface area contributed by atoms with E-state index in [1.807, 2.05) is 6.92 Å². The van der Waals surface area contributed by atoms with E-state index in [0.717, 1.165) is 27.6 Å². The van der Waals surface area contributed by atoms with Gasteiger partial charge in [-0.1, -0.05) is 56.5 Å². The molecular formula is C20H29F5O2. The van der Waals surface area contributed by atoms with Gasteiger partial charge in [0.2, 0.25) is 11.5 Å². The Hall–Kier alpha value is -1.21. The molecule has 1 unspecified atom stereocenters. The molecule has 156 valence electrons. The van der Waals surface area contributed by atoms with Crippen LogP contribution in [0.15, 0.2) is 30.3 Å². The third-order valence-electron chi connectivity index (χ3n) is 5.09. The molecule has 0 fully saturated rings. The topological polar surface area (TPSA) is 18.5 Å². The second kappa shape index (κ2) is 9.32. The lowest BCUT2D eigenvalue weighted by Crippen LogP contribution is -2.68. The summed E-state index contributed by atoms with van der Waals surface area (Å²) in [7, 11) is 1.91. The van der Waals surface area contributed by atoms with Crippen molar-refractivity contribution < 1.29 is 31.4 Å². The highest BCUT2D eigenvalue weighted by molar-refractivity contribution is 5.22. The van der Waals surface area contributed by atoms with Gasteiger partial charge in [0, 0.05) is 27.1 Å². The highest BCUT2D eigenvalue weighted by Gasteiger charge is 2.76. The summed E-state index contributed by atoms with van der Waals surface area (Å²) in [4.78, 5) is 0. The molecule has 1 aromatic rings. The van der Waals surface area contributed by atoms with Gasteiger partial charge in [0.25, 0.3) is 0 Å². The third-order valence-corrected chi connectivity index (χ3v) is 5.09. The molecule has 0 radical (unpaired) electrons. The fourth-order valence-corrected chi connectivity index (χ4v) is 3.06. The van der Waals surface area contributed by atoms with Crippen molar-refractivity contribution in [3.8, 4) is 0 Å². The van der Waals surface area contributed by atoms with Crippen LogP contribution in [0.25, 0.3) is 0 Å². The summed E-state index contributed by atoms with van der Waals surface area (Å²) < 4.78 is 84.7. The molecular weight excluding hydrogens is 367 g/mol. The quantitative estimate of drug-likeness (QED) is 0.238. The highest BCUT2D eigenvalue weighted by Crippen LogP contribution is 2.53. The molecule has 0 N–H and O–H groups in total. The molecule has 0 aliphatic heterocycles. The van der Waals surface area contributed by atoms with E-state index >= 15 is 13.2 Å². The lowest BCUT2D eigenvalue weighted by molar-refractivity contribution is -0.365. The smallest absolute Gasteiger partial charge is 0.348 e. The number of halogens is 5. The molecule has 0 aliphatic carbocycles. The molecule has 0 saturated heterocycles. The van der Waals surface area contributed by atoms with Crippen LogP contribution in [0.2, 0.25) is 0 Å². The van der Waals surface area contributed by atoms with Crippen molar-refractivity contribution in [1.29, 1.82) is 0 Å². The molecule has 0 saturated carbocycles. The molecule has 7 heteroatoms. The molecule has 0 amide bonds. The van der Waals surface area contributed by atoms with E-state index < -0.39 is 36.1 Å². The van der Waals surface area contributed by atoms with Crippen LogP contribution in [0.3, 0.4) is 0 Å². The van der Waals surface area contributed by atoms with E-state index in [2.05, 4.69) is 0 Å². The van der Waals surface area contributed by atoms with Crippen molar-refractivity contribution in [3.63, 3.8) is 0 Å². The normalized spacial score (nSPS) is 15.6. The zero-order valence-electron chi connectivity index (χ0n) is 16.3. The SMILES string of the molecule is CCCCCCC(F)(F)C(F)(F)C(F)(Cc1ccccc1)C(C)(OC)OC. The molecule has 0 bridgehead atoms. The molecule has 1 aromatic carbocycles. The van der Waals surface area contributed by atoms with Crippen molar-refractivity contribution in [2.45, 2.75) is 75.7 Å². The van der Waals surface area contributed by atoms with Gasteiger partial charge < -0.3 is 9.47 Å². The van der Waals surface area contributed by atoms with E-state index in [1.165, 1.54) is 24.3 Å². The Kier molecular flexibility index (Phi) is 8.23. The fraction of sp³-hybridized carbons (Fsp3) is 0.700. The number of alkyl halides is 5. The molecule has 0 aliphatic rings. The van der Waals surface area contributed by atoms with Crippen LogP contribution in [-0.2, 0) is 15.9 Å². The molecule has 27 heavy (non-hydrogen) atoms. The minimum Gasteiger partial charge on any atom is -0.350 e. The van der Waals surface area contributed by atoms with E-state index in [9.17, 15) is 8.78 Å². The van der Waals surface area contributed by atoms with Crippen LogP contribution < -0.4 is 0 Å². The predicted molar refractivity (Wildman–Crippen MR) is 95.1 cm³/mol. The summed E-state index contributed by atoms with van der Waals surface area (Å²) in [6.45, 7) is 2.79. The van der Waals surface area contributed by atoms with E-state index in [-0.39, 0.29) is 12.0 Å². The molecule has 1 rings (SSSR count). The zero-order chi connectivity index (χ0) is 20.8. The molecule has 1 atom stereocenters. The summed E-state index contributed by atoms with van der Waals surface area (Å²) in [5.41, 5.74) is -3.65. The summed E-state index contributed by atoms with van der Waals surface area (Å²) in [6.07, 6.45) is -0.400. The first-order chi connectivity index (χ1) is 12.5. The molecule has 0 heterocycles. The maximum Gasteiger partial charge on any atom is 0.348 e. The highest BCUT2D eigenvalue weighted by atomic mass is 19.3. The first kappa shape index (κ1) is 23.8. The minimum absolute atomic E-state index is 0.117. The summed E-state index contributed by atoms with van der Waals surface area (Å²) in [6, 6.07) is 7.46. The molecule has 0 aromatic heterocycles. The fourth-order valence-electron chi connectivity index (χ4n) is 3.06. The number of hydrogen-bond donors (Lipinski definition) is 0. The standard InChI is InChI=1S/C20H29F5O2/c1-5-6-7-11-14-19(22,23)20(24,25)18(21,17(2,26-3)27-4)15-16-12-9-8-10-13-16/h8-10,12-13H,5-7,11,14-15H2,1-4H3. The lowest BCUT2D eigenvalue weighted by atomic mass is 9.79. The Bertz CT molecular complexity index is 561. The van der Waals surface area contributed by atoms with Crippen LogP contribution >= 0.6 is 0 Å². The Morgan fingerprint density at radius 3 is 1.89 bits per heavy atom. The Balaban J connectivity index is 3.30. The van der Waals surface area contributed by atoms with Crippen molar-refractivity contribution >= 4 is 0 Å². The number of rotatable bonds is 12. The second-order valence-electron chi connectivity index (χ2n) is 6.91. The second-order valence-corrected chi connectivity index (χ2v) is 6.91. The van der Waals surface area contributed by atoms with Crippen LogP contribution in [0, 0.1) is 0 Å². The summed E-state index contributed by atoms with van der Waals surface area (Å²) >= 11 is 0. The van der Waals surface area contributed by atoms with Crippen LogP contribution in [0.4, 0.5) is 22.0 Å². The summed E-state index contributed by atoms with van der Waals surface area (Å²) in [5.74, 6) is -12.1. The average molecular weight is 396 g/mol. The van der Waals surface area contributed by atoms with E-state index in [1.54, 1.807) is 6.07 Å². The van der Waals surface area contributed by atoms with Crippen molar-refractivity contribution in [2.24, 2.45) is 0 Å². The Morgan fingerprint density at radius 2 is 1.41 bits per heavy atom. The molecule has 0 spiro atoms. The Morgan fingerprint density at radius 1 is 0.852 bits per heavy atom. The predicted octanol–water partition coefficient (Wildman–Crippen LogP) is 6.19. The van der Waals surface area contributed by atoms with Gasteiger partial charge in [-0.05, 0) is 18.9 Å². The van der Waals surface area contributed by atoms with Crippen molar-refractivity contribution in [1.82, 2.24) is 0 Å². The third kappa shape index (κ3) is 4.80. The van der Waals surface area contributed by atoms with Crippen LogP contribution in [0.5, 0.6) is 0 Å². The van der Waals surface area contributed by atoms with E-state index in [4.69, 9.17) is 9.47 Å². The number of ether oxygens (including phenoxy) is 2. The largest absolute Gasteiger partial charge is 0.350 e. The number of unbranched alkanes of at least 4 members (excludes halogenated alkanes) is 3.